The average molecular weight is 261 g/mol. The van der Waals surface area contributed by atoms with Crippen LogP contribution in [0.1, 0.15) is 32.7 Å². The predicted octanol–water partition coefficient (Wildman–Crippen LogP) is 2.79. The molecule has 0 spiro atoms. The number of nitrogens with zero attached hydrogens (tertiary/aromatic N) is 2. The van der Waals surface area contributed by atoms with Gasteiger partial charge in [-0.1, -0.05) is 19.0 Å². The van der Waals surface area contributed by atoms with Gasteiger partial charge in [0.2, 0.25) is 11.7 Å². The first-order valence-corrected chi connectivity index (χ1v) is 6.44. The fourth-order valence-electron chi connectivity index (χ4n) is 1.64. The summed E-state index contributed by atoms with van der Waals surface area (Å²) < 4.78 is 10.6. The summed E-state index contributed by atoms with van der Waals surface area (Å²) in [4.78, 5) is 4.33. The van der Waals surface area contributed by atoms with Crippen molar-refractivity contribution in [3.63, 3.8) is 0 Å². The molecule has 0 bridgehead atoms. The lowest BCUT2D eigenvalue weighted by Gasteiger charge is -2.09. The normalized spacial score (nSPS) is 12.7. The molecule has 0 saturated heterocycles. The number of ether oxygens (including phenoxy) is 1. The van der Waals surface area contributed by atoms with Gasteiger partial charge < -0.3 is 15.0 Å². The molecule has 5 nitrogen and oxygen atoms in total. The van der Waals surface area contributed by atoms with Gasteiger partial charge in [-0.25, -0.2) is 0 Å². The fourth-order valence-corrected chi connectivity index (χ4v) is 1.64. The number of rotatable bonds is 5. The van der Waals surface area contributed by atoms with Crippen molar-refractivity contribution in [2.45, 2.75) is 26.8 Å². The van der Waals surface area contributed by atoms with Crippen LogP contribution in [0.25, 0.3) is 11.4 Å². The van der Waals surface area contributed by atoms with Crippen LogP contribution < -0.4 is 10.5 Å². The summed E-state index contributed by atoms with van der Waals surface area (Å²) >= 11 is 0. The second-order valence-corrected chi connectivity index (χ2v) is 4.68. The van der Waals surface area contributed by atoms with Crippen LogP contribution in [0.15, 0.2) is 28.8 Å². The van der Waals surface area contributed by atoms with Crippen LogP contribution in [0.5, 0.6) is 5.75 Å². The van der Waals surface area contributed by atoms with E-state index < -0.39 is 0 Å². The van der Waals surface area contributed by atoms with E-state index in [0.29, 0.717) is 18.3 Å². The minimum absolute atomic E-state index is 0.232. The number of hydrogen-bond acceptors (Lipinski definition) is 5. The Bertz CT molecular complexity index is 520. The first kappa shape index (κ1) is 13.5. The van der Waals surface area contributed by atoms with Crippen molar-refractivity contribution in [3.8, 4) is 17.1 Å². The van der Waals surface area contributed by atoms with Crippen molar-refractivity contribution in [2.24, 2.45) is 11.7 Å². The molecule has 0 fully saturated rings. The van der Waals surface area contributed by atoms with E-state index in [4.69, 9.17) is 15.0 Å². The van der Waals surface area contributed by atoms with Crippen LogP contribution in [-0.4, -0.2) is 16.7 Å². The maximum Gasteiger partial charge on any atom is 0.244 e. The number of benzene rings is 1. The molecule has 0 aliphatic heterocycles. The Morgan fingerprint density at radius 2 is 1.95 bits per heavy atom. The molecule has 0 radical (unpaired) electrons. The zero-order valence-corrected chi connectivity index (χ0v) is 11.5. The fraction of sp³-hybridized carbons (Fsp3) is 0.429. The second kappa shape index (κ2) is 5.84. The molecule has 2 aromatic rings. The van der Waals surface area contributed by atoms with Crippen molar-refractivity contribution in [3.05, 3.63) is 30.2 Å². The van der Waals surface area contributed by atoms with Gasteiger partial charge in [0.25, 0.3) is 0 Å². The van der Waals surface area contributed by atoms with E-state index in [0.717, 1.165) is 11.3 Å². The van der Waals surface area contributed by atoms with Gasteiger partial charge in [-0.05, 0) is 37.1 Å². The molecule has 19 heavy (non-hydrogen) atoms. The van der Waals surface area contributed by atoms with Gasteiger partial charge in [0.15, 0.2) is 0 Å². The molecule has 2 N–H and O–H groups in total. The standard InChI is InChI=1S/C14H19N3O2/c1-4-18-11-7-5-10(6-8-11)13-16-14(19-17-13)12(15)9(2)3/h5-9,12H,4,15H2,1-3H3. The molecule has 102 valence electrons. The summed E-state index contributed by atoms with van der Waals surface area (Å²) in [6.45, 7) is 6.64. The van der Waals surface area contributed by atoms with E-state index in [9.17, 15) is 0 Å². The minimum Gasteiger partial charge on any atom is -0.494 e. The van der Waals surface area contributed by atoms with Gasteiger partial charge in [-0.15, -0.1) is 0 Å². The van der Waals surface area contributed by atoms with Gasteiger partial charge in [-0.2, -0.15) is 4.98 Å². The van der Waals surface area contributed by atoms with Gasteiger partial charge in [0, 0.05) is 5.56 Å². The third-order valence-electron chi connectivity index (χ3n) is 2.87. The lowest BCUT2D eigenvalue weighted by Crippen LogP contribution is -2.16. The highest BCUT2D eigenvalue weighted by atomic mass is 16.5. The largest absolute Gasteiger partial charge is 0.494 e. The Balaban J connectivity index is 2.18. The van der Waals surface area contributed by atoms with Crippen LogP contribution in [0, 0.1) is 5.92 Å². The molecular formula is C14H19N3O2. The van der Waals surface area contributed by atoms with E-state index in [2.05, 4.69) is 10.1 Å². The molecule has 1 unspecified atom stereocenters. The summed E-state index contributed by atoms with van der Waals surface area (Å²) in [5.41, 5.74) is 6.86. The topological polar surface area (TPSA) is 74.2 Å². The van der Waals surface area contributed by atoms with E-state index in [1.807, 2.05) is 45.0 Å². The highest BCUT2D eigenvalue weighted by Crippen LogP contribution is 2.23. The van der Waals surface area contributed by atoms with Crippen molar-refractivity contribution in [2.75, 3.05) is 6.61 Å². The Hall–Kier alpha value is -1.88. The third-order valence-corrected chi connectivity index (χ3v) is 2.87. The molecule has 2 rings (SSSR count). The molecule has 1 heterocycles. The lowest BCUT2D eigenvalue weighted by molar-refractivity contribution is 0.325. The van der Waals surface area contributed by atoms with Crippen molar-refractivity contribution >= 4 is 0 Å². The van der Waals surface area contributed by atoms with E-state index in [1.165, 1.54) is 0 Å². The Labute approximate surface area is 112 Å². The molecule has 1 aromatic heterocycles. The predicted molar refractivity (Wildman–Crippen MR) is 72.7 cm³/mol. The minimum atomic E-state index is -0.232. The molecule has 1 atom stereocenters. The summed E-state index contributed by atoms with van der Waals surface area (Å²) in [6.07, 6.45) is 0. The summed E-state index contributed by atoms with van der Waals surface area (Å²) in [5, 5.41) is 3.96. The zero-order chi connectivity index (χ0) is 13.8. The SMILES string of the molecule is CCOc1ccc(-c2noc(C(N)C(C)C)n2)cc1. The van der Waals surface area contributed by atoms with E-state index in [1.54, 1.807) is 0 Å². The van der Waals surface area contributed by atoms with Crippen LogP contribution in [0.3, 0.4) is 0 Å². The maximum absolute atomic E-state index is 5.98. The van der Waals surface area contributed by atoms with Crippen molar-refractivity contribution in [1.82, 2.24) is 10.1 Å². The van der Waals surface area contributed by atoms with E-state index in [-0.39, 0.29) is 12.0 Å². The highest BCUT2D eigenvalue weighted by Gasteiger charge is 2.18. The van der Waals surface area contributed by atoms with Gasteiger partial charge in [-0.3, -0.25) is 0 Å². The number of nitrogens with two attached hydrogens (primary N) is 1. The number of hydrogen-bond donors (Lipinski definition) is 1. The van der Waals surface area contributed by atoms with Gasteiger partial charge in [0.05, 0.1) is 12.6 Å². The smallest absolute Gasteiger partial charge is 0.244 e. The highest BCUT2D eigenvalue weighted by molar-refractivity contribution is 5.55. The van der Waals surface area contributed by atoms with Crippen LogP contribution in [0.2, 0.25) is 0 Å². The molecule has 0 aliphatic carbocycles. The number of aromatic nitrogens is 2. The van der Waals surface area contributed by atoms with E-state index >= 15 is 0 Å². The van der Waals surface area contributed by atoms with Gasteiger partial charge >= 0.3 is 0 Å². The monoisotopic (exact) mass is 261 g/mol. The second-order valence-electron chi connectivity index (χ2n) is 4.68. The van der Waals surface area contributed by atoms with Crippen LogP contribution in [-0.2, 0) is 0 Å². The Kier molecular flexibility index (Phi) is 4.16. The molecule has 5 heteroatoms. The Morgan fingerprint density at radius 3 is 2.53 bits per heavy atom. The molecule has 0 aliphatic rings. The molecular weight excluding hydrogens is 242 g/mol. The zero-order valence-electron chi connectivity index (χ0n) is 11.5. The summed E-state index contributed by atoms with van der Waals surface area (Å²) in [6, 6.07) is 7.35. The summed E-state index contributed by atoms with van der Waals surface area (Å²) in [7, 11) is 0. The quantitative estimate of drug-likeness (QED) is 0.895. The maximum atomic E-state index is 5.98. The van der Waals surface area contributed by atoms with Gasteiger partial charge in [0.1, 0.15) is 5.75 Å². The van der Waals surface area contributed by atoms with Crippen molar-refractivity contribution in [1.29, 1.82) is 0 Å². The van der Waals surface area contributed by atoms with Crippen LogP contribution >= 0.6 is 0 Å². The first-order valence-electron chi connectivity index (χ1n) is 6.44. The Morgan fingerprint density at radius 1 is 1.26 bits per heavy atom. The molecule has 0 amide bonds. The summed E-state index contributed by atoms with van der Waals surface area (Å²) in [5.74, 6) is 2.11. The first-order chi connectivity index (χ1) is 9.11. The third kappa shape index (κ3) is 3.12. The van der Waals surface area contributed by atoms with Crippen molar-refractivity contribution < 1.29 is 9.26 Å². The average Bonchev–Trinajstić information content (AvgIpc) is 2.88. The molecule has 0 saturated carbocycles. The molecule has 1 aromatic carbocycles. The lowest BCUT2D eigenvalue weighted by atomic mass is 10.1. The van der Waals surface area contributed by atoms with Crippen LogP contribution in [0.4, 0.5) is 0 Å².